The van der Waals surface area contributed by atoms with Crippen molar-refractivity contribution in [3.63, 3.8) is 0 Å². The molecule has 1 aliphatic carbocycles. The van der Waals surface area contributed by atoms with Crippen LogP contribution in [0.3, 0.4) is 0 Å². The van der Waals surface area contributed by atoms with E-state index in [-0.39, 0.29) is 17.7 Å². The number of alkyl halides is 2. The highest BCUT2D eigenvalue weighted by Gasteiger charge is 2.23. The van der Waals surface area contributed by atoms with Crippen LogP contribution >= 0.6 is 0 Å². The van der Waals surface area contributed by atoms with Gasteiger partial charge in [-0.25, -0.2) is 0 Å². The first kappa shape index (κ1) is 18.6. The van der Waals surface area contributed by atoms with Crippen LogP contribution in [0.15, 0.2) is 24.3 Å². The van der Waals surface area contributed by atoms with Gasteiger partial charge in [-0.05, 0) is 43.5 Å². The smallest absolute Gasteiger partial charge is 0.387 e. The molecule has 24 heavy (non-hydrogen) atoms. The lowest BCUT2D eigenvalue weighted by Gasteiger charge is -2.30. The van der Waals surface area contributed by atoms with Gasteiger partial charge in [0, 0.05) is 12.6 Å². The molecule has 0 aromatic heterocycles. The molecule has 0 spiro atoms. The number of rotatable bonds is 7. The molecule has 1 aromatic rings. The molecule has 0 radical (unpaired) electrons. The molecule has 2 atom stereocenters. The molecule has 2 unspecified atom stereocenters. The van der Waals surface area contributed by atoms with Crippen LogP contribution in [0.25, 0.3) is 0 Å². The molecule has 0 heterocycles. The summed E-state index contributed by atoms with van der Waals surface area (Å²) in [6.07, 6.45) is 4.66. The second-order valence-corrected chi connectivity index (χ2v) is 6.63. The van der Waals surface area contributed by atoms with Crippen molar-refractivity contribution in [2.24, 2.45) is 5.92 Å². The van der Waals surface area contributed by atoms with E-state index in [9.17, 15) is 13.6 Å². The summed E-state index contributed by atoms with van der Waals surface area (Å²) in [5, 5.41) is 3.13. The van der Waals surface area contributed by atoms with Crippen molar-refractivity contribution in [3.8, 4) is 5.75 Å². The second kappa shape index (κ2) is 8.97. The van der Waals surface area contributed by atoms with Crippen molar-refractivity contribution in [1.82, 2.24) is 10.2 Å². The fourth-order valence-corrected chi connectivity index (χ4v) is 3.17. The van der Waals surface area contributed by atoms with E-state index in [1.165, 1.54) is 31.4 Å². The molecule has 0 aliphatic heterocycles. The van der Waals surface area contributed by atoms with Crippen molar-refractivity contribution < 1.29 is 18.3 Å². The van der Waals surface area contributed by atoms with E-state index in [1.54, 1.807) is 12.1 Å². The van der Waals surface area contributed by atoms with Gasteiger partial charge < -0.3 is 10.1 Å². The number of halogens is 2. The average molecular weight is 340 g/mol. The molecule has 6 heteroatoms. The number of carbonyl (C=O) groups excluding carboxylic acids is 1. The molecule has 0 bridgehead atoms. The zero-order valence-electron chi connectivity index (χ0n) is 14.3. The van der Waals surface area contributed by atoms with Crippen molar-refractivity contribution in [3.05, 3.63) is 29.8 Å². The van der Waals surface area contributed by atoms with Gasteiger partial charge in [0.2, 0.25) is 5.91 Å². The van der Waals surface area contributed by atoms with Crippen molar-refractivity contribution in [2.45, 2.75) is 51.8 Å². The summed E-state index contributed by atoms with van der Waals surface area (Å²) in [5.74, 6) is 0.713. The molecule has 4 nitrogen and oxygen atoms in total. The normalized spacial score (nSPS) is 21.1. The van der Waals surface area contributed by atoms with Crippen LogP contribution < -0.4 is 10.1 Å². The largest absolute Gasteiger partial charge is 0.435 e. The standard InChI is InChI=1S/C18H26F2N2O2/c1-13-5-3-4-6-16(13)21-17(23)12-22(2)11-14-7-9-15(10-8-14)24-18(19)20/h7-10,13,16,18H,3-6,11-12H2,1-2H3,(H,21,23). The van der Waals surface area contributed by atoms with Crippen molar-refractivity contribution in [2.75, 3.05) is 13.6 Å². The van der Waals surface area contributed by atoms with Gasteiger partial charge in [0.15, 0.2) is 0 Å². The van der Waals surface area contributed by atoms with E-state index >= 15 is 0 Å². The van der Waals surface area contributed by atoms with Gasteiger partial charge in [-0.2, -0.15) is 8.78 Å². The third-order valence-corrected chi connectivity index (χ3v) is 4.47. The monoisotopic (exact) mass is 340 g/mol. The van der Waals surface area contributed by atoms with Crippen LogP contribution in [0.1, 0.15) is 38.2 Å². The van der Waals surface area contributed by atoms with E-state index in [2.05, 4.69) is 17.0 Å². The van der Waals surface area contributed by atoms with E-state index in [0.717, 1.165) is 12.0 Å². The van der Waals surface area contributed by atoms with Gasteiger partial charge in [0.25, 0.3) is 0 Å². The third-order valence-electron chi connectivity index (χ3n) is 4.47. The maximum atomic E-state index is 12.2. The van der Waals surface area contributed by atoms with Gasteiger partial charge in [-0.3, -0.25) is 9.69 Å². The van der Waals surface area contributed by atoms with E-state index in [1.807, 2.05) is 11.9 Å². The Balaban J connectivity index is 1.77. The fraction of sp³-hybridized carbons (Fsp3) is 0.611. The Kier molecular flexibility index (Phi) is 6.97. The van der Waals surface area contributed by atoms with Gasteiger partial charge in [-0.1, -0.05) is 31.9 Å². The summed E-state index contributed by atoms with van der Waals surface area (Å²) in [7, 11) is 1.87. The molecule has 1 fully saturated rings. The molecule has 2 rings (SSSR count). The highest BCUT2D eigenvalue weighted by atomic mass is 19.3. The number of nitrogens with zero attached hydrogens (tertiary/aromatic N) is 1. The highest BCUT2D eigenvalue weighted by molar-refractivity contribution is 5.78. The minimum Gasteiger partial charge on any atom is -0.435 e. The molecular weight excluding hydrogens is 314 g/mol. The first-order valence-corrected chi connectivity index (χ1v) is 8.45. The SMILES string of the molecule is CC1CCCCC1NC(=O)CN(C)Cc1ccc(OC(F)F)cc1. The third kappa shape index (κ3) is 6.07. The second-order valence-electron chi connectivity index (χ2n) is 6.63. The summed E-state index contributed by atoms with van der Waals surface area (Å²) in [6, 6.07) is 6.77. The lowest BCUT2D eigenvalue weighted by molar-refractivity contribution is -0.123. The summed E-state index contributed by atoms with van der Waals surface area (Å²) < 4.78 is 28.6. The quantitative estimate of drug-likeness (QED) is 0.827. The Hall–Kier alpha value is -1.69. The number of likely N-dealkylation sites (N-methyl/N-ethyl adjacent to an activating group) is 1. The van der Waals surface area contributed by atoms with Crippen LogP contribution in [0.4, 0.5) is 8.78 Å². The van der Waals surface area contributed by atoms with Gasteiger partial charge in [0.05, 0.1) is 6.54 Å². The Bertz CT molecular complexity index is 522. The van der Waals surface area contributed by atoms with Gasteiger partial charge in [0.1, 0.15) is 5.75 Å². The Morgan fingerprint density at radius 3 is 2.58 bits per heavy atom. The maximum Gasteiger partial charge on any atom is 0.387 e. The van der Waals surface area contributed by atoms with Crippen molar-refractivity contribution >= 4 is 5.91 Å². The van der Waals surface area contributed by atoms with Gasteiger partial charge in [-0.15, -0.1) is 0 Å². The highest BCUT2D eigenvalue weighted by Crippen LogP contribution is 2.23. The number of nitrogens with one attached hydrogen (secondary N) is 1. The lowest BCUT2D eigenvalue weighted by atomic mass is 9.86. The van der Waals surface area contributed by atoms with E-state index in [4.69, 9.17) is 0 Å². The number of hydrogen-bond donors (Lipinski definition) is 1. The minimum atomic E-state index is -2.82. The number of amides is 1. The molecule has 0 saturated heterocycles. The number of carbonyl (C=O) groups is 1. The van der Waals surface area contributed by atoms with E-state index < -0.39 is 6.61 Å². The first-order chi connectivity index (χ1) is 11.4. The zero-order chi connectivity index (χ0) is 17.5. The van der Waals surface area contributed by atoms with Crippen LogP contribution in [-0.2, 0) is 11.3 Å². The number of ether oxygens (including phenoxy) is 1. The molecular formula is C18H26F2N2O2. The maximum absolute atomic E-state index is 12.2. The zero-order valence-corrected chi connectivity index (χ0v) is 14.3. The Morgan fingerprint density at radius 1 is 1.29 bits per heavy atom. The summed E-state index contributed by atoms with van der Waals surface area (Å²) >= 11 is 0. The predicted octanol–water partition coefficient (Wildman–Crippen LogP) is 3.41. The molecule has 1 saturated carbocycles. The molecule has 1 amide bonds. The van der Waals surface area contributed by atoms with Crippen molar-refractivity contribution in [1.29, 1.82) is 0 Å². The van der Waals surface area contributed by atoms with Crippen LogP contribution in [-0.4, -0.2) is 37.1 Å². The number of hydrogen-bond acceptors (Lipinski definition) is 3. The summed E-state index contributed by atoms with van der Waals surface area (Å²) in [6.45, 7) is 0.266. The topological polar surface area (TPSA) is 41.6 Å². The molecule has 1 N–H and O–H groups in total. The average Bonchev–Trinajstić information content (AvgIpc) is 2.51. The molecule has 1 aromatic carbocycles. The van der Waals surface area contributed by atoms with E-state index in [0.29, 0.717) is 19.0 Å². The fourth-order valence-electron chi connectivity index (χ4n) is 3.17. The first-order valence-electron chi connectivity index (χ1n) is 8.45. The lowest BCUT2D eigenvalue weighted by Crippen LogP contribution is -2.44. The van der Waals surface area contributed by atoms with Gasteiger partial charge >= 0.3 is 6.61 Å². The number of benzene rings is 1. The minimum absolute atomic E-state index is 0.0360. The predicted molar refractivity (Wildman–Crippen MR) is 89.0 cm³/mol. The summed E-state index contributed by atoms with van der Waals surface area (Å²) in [4.78, 5) is 14.1. The Morgan fingerprint density at radius 2 is 1.96 bits per heavy atom. The van der Waals surface area contributed by atoms with Crippen LogP contribution in [0, 0.1) is 5.92 Å². The molecule has 1 aliphatic rings. The van der Waals surface area contributed by atoms with Crippen LogP contribution in [0.2, 0.25) is 0 Å². The molecule has 134 valence electrons. The van der Waals surface area contributed by atoms with Crippen LogP contribution in [0.5, 0.6) is 5.75 Å². The Labute approximate surface area is 142 Å². The summed E-state index contributed by atoms with van der Waals surface area (Å²) in [5.41, 5.74) is 0.943.